The van der Waals surface area contributed by atoms with Crippen LogP contribution < -0.4 is 0 Å². The number of carbonyl (C=O) groups is 1. The second-order valence-electron chi connectivity index (χ2n) is 4.42. The van der Waals surface area contributed by atoms with Gasteiger partial charge in [-0.2, -0.15) is 0 Å². The van der Waals surface area contributed by atoms with E-state index < -0.39 is 0 Å². The van der Waals surface area contributed by atoms with Crippen LogP contribution in [0.15, 0.2) is 0 Å². The lowest BCUT2D eigenvalue weighted by Crippen LogP contribution is -2.09. The Labute approximate surface area is 82.9 Å². The summed E-state index contributed by atoms with van der Waals surface area (Å²) in [5.74, 6) is 1.64. The van der Waals surface area contributed by atoms with Gasteiger partial charge < -0.3 is 4.79 Å². The maximum atomic E-state index is 10.5. The average molecular weight is 184 g/mol. The molecule has 0 aliphatic heterocycles. The van der Waals surface area contributed by atoms with Crippen molar-refractivity contribution in [2.75, 3.05) is 0 Å². The van der Waals surface area contributed by atoms with Gasteiger partial charge in [-0.15, -0.1) is 0 Å². The van der Waals surface area contributed by atoms with Crippen LogP contribution in [-0.2, 0) is 4.79 Å². The molecule has 0 aliphatic carbocycles. The highest BCUT2D eigenvalue weighted by atomic mass is 16.1. The number of carbonyl (C=O) groups excluding carboxylic acids is 1. The monoisotopic (exact) mass is 184 g/mol. The van der Waals surface area contributed by atoms with Gasteiger partial charge >= 0.3 is 0 Å². The molecule has 0 heterocycles. The Kier molecular flexibility index (Phi) is 6.93. The summed E-state index contributed by atoms with van der Waals surface area (Å²) in [4.78, 5) is 10.5. The number of hydrogen-bond acceptors (Lipinski definition) is 1. The van der Waals surface area contributed by atoms with Crippen LogP contribution in [0.1, 0.15) is 53.4 Å². The second kappa shape index (κ2) is 7.11. The molecule has 3 atom stereocenters. The molecule has 0 bridgehead atoms. The molecule has 3 unspecified atom stereocenters. The fourth-order valence-corrected chi connectivity index (χ4v) is 1.39. The van der Waals surface area contributed by atoms with Crippen LogP contribution in [0, 0.1) is 17.8 Å². The van der Waals surface area contributed by atoms with Crippen molar-refractivity contribution in [3.8, 4) is 0 Å². The molecule has 0 aromatic rings. The van der Waals surface area contributed by atoms with Gasteiger partial charge in [-0.3, -0.25) is 0 Å². The van der Waals surface area contributed by atoms with E-state index in [9.17, 15) is 4.79 Å². The van der Waals surface area contributed by atoms with E-state index in [1.54, 1.807) is 0 Å². The lowest BCUT2D eigenvalue weighted by atomic mass is 9.90. The molecular weight excluding hydrogens is 160 g/mol. The Morgan fingerprint density at radius 1 is 1.15 bits per heavy atom. The summed E-state index contributed by atoms with van der Waals surface area (Å²) in [6, 6.07) is 0. The lowest BCUT2D eigenvalue weighted by Gasteiger charge is -2.15. The van der Waals surface area contributed by atoms with Crippen LogP contribution in [0.25, 0.3) is 0 Å². The van der Waals surface area contributed by atoms with E-state index in [0.29, 0.717) is 5.92 Å². The fourth-order valence-electron chi connectivity index (χ4n) is 1.39. The zero-order valence-corrected chi connectivity index (χ0v) is 9.55. The van der Waals surface area contributed by atoms with Crippen LogP contribution in [0.2, 0.25) is 0 Å². The molecule has 1 nitrogen and oxygen atoms in total. The van der Waals surface area contributed by atoms with E-state index >= 15 is 0 Å². The summed E-state index contributed by atoms with van der Waals surface area (Å²) in [5.41, 5.74) is 0. The molecule has 0 aromatic carbocycles. The zero-order chi connectivity index (χ0) is 10.3. The van der Waals surface area contributed by atoms with Crippen molar-refractivity contribution < 1.29 is 4.79 Å². The molecule has 0 spiro atoms. The first-order valence-corrected chi connectivity index (χ1v) is 5.57. The van der Waals surface area contributed by atoms with Gasteiger partial charge in [0.15, 0.2) is 0 Å². The van der Waals surface area contributed by atoms with E-state index in [-0.39, 0.29) is 5.92 Å². The Bertz CT molecular complexity index is 131. The minimum absolute atomic E-state index is 0.233. The normalized spacial score (nSPS) is 17.8. The van der Waals surface area contributed by atoms with Crippen molar-refractivity contribution in [2.45, 2.75) is 53.4 Å². The molecule has 0 aromatic heterocycles. The van der Waals surface area contributed by atoms with Gasteiger partial charge in [0.2, 0.25) is 0 Å². The van der Waals surface area contributed by atoms with E-state index in [4.69, 9.17) is 0 Å². The quantitative estimate of drug-likeness (QED) is 0.552. The third kappa shape index (κ3) is 5.84. The van der Waals surface area contributed by atoms with Gasteiger partial charge in [-0.25, -0.2) is 0 Å². The maximum absolute atomic E-state index is 10.5. The zero-order valence-electron chi connectivity index (χ0n) is 9.55. The van der Waals surface area contributed by atoms with Crippen LogP contribution in [0.4, 0.5) is 0 Å². The van der Waals surface area contributed by atoms with Crippen molar-refractivity contribution in [2.24, 2.45) is 17.8 Å². The molecule has 0 amide bonds. The Morgan fingerprint density at radius 2 is 1.77 bits per heavy atom. The molecule has 0 aliphatic rings. The molecule has 0 saturated heterocycles. The minimum Gasteiger partial charge on any atom is -0.303 e. The first kappa shape index (κ1) is 12.7. The van der Waals surface area contributed by atoms with Crippen LogP contribution in [0.3, 0.4) is 0 Å². The second-order valence-corrected chi connectivity index (χ2v) is 4.42. The first-order chi connectivity index (χ1) is 6.11. The number of hydrogen-bond donors (Lipinski definition) is 0. The Balaban J connectivity index is 3.47. The number of rotatable bonds is 7. The summed E-state index contributed by atoms with van der Waals surface area (Å²) in [5, 5.41) is 0. The van der Waals surface area contributed by atoms with Gasteiger partial charge in [-0.05, 0) is 11.8 Å². The van der Waals surface area contributed by atoms with Crippen molar-refractivity contribution >= 4 is 6.29 Å². The highest BCUT2D eigenvalue weighted by molar-refractivity contribution is 5.53. The molecule has 0 saturated carbocycles. The van der Waals surface area contributed by atoms with Crippen molar-refractivity contribution in [1.82, 2.24) is 0 Å². The van der Waals surface area contributed by atoms with Crippen LogP contribution >= 0.6 is 0 Å². The van der Waals surface area contributed by atoms with E-state index in [1.807, 2.05) is 6.92 Å². The third-order valence-electron chi connectivity index (χ3n) is 3.17. The van der Waals surface area contributed by atoms with Crippen molar-refractivity contribution in [3.63, 3.8) is 0 Å². The average Bonchev–Trinajstić information content (AvgIpc) is 2.15. The van der Waals surface area contributed by atoms with E-state index in [1.165, 1.54) is 25.7 Å². The molecule has 13 heavy (non-hydrogen) atoms. The van der Waals surface area contributed by atoms with Gasteiger partial charge in [-0.1, -0.05) is 53.4 Å². The summed E-state index contributed by atoms with van der Waals surface area (Å²) in [7, 11) is 0. The topological polar surface area (TPSA) is 17.1 Å². The minimum atomic E-state index is 0.233. The summed E-state index contributed by atoms with van der Waals surface area (Å²) >= 11 is 0. The van der Waals surface area contributed by atoms with E-state index in [2.05, 4.69) is 20.8 Å². The molecule has 78 valence electrons. The first-order valence-electron chi connectivity index (χ1n) is 5.57. The molecule has 0 fully saturated rings. The van der Waals surface area contributed by atoms with Crippen molar-refractivity contribution in [1.29, 1.82) is 0 Å². The molecule has 1 heteroatoms. The smallest absolute Gasteiger partial charge is 0.123 e. The standard InChI is InChI=1S/C12H24O/c1-5-10(2)7-6-8-11(3)12(4)9-13/h9-12H,5-8H2,1-4H3. The SMILES string of the molecule is CCC(C)CCCC(C)C(C)C=O. The van der Waals surface area contributed by atoms with Gasteiger partial charge in [0.05, 0.1) is 0 Å². The molecular formula is C12H24O. The summed E-state index contributed by atoms with van der Waals surface area (Å²) < 4.78 is 0. The number of aldehydes is 1. The summed E-state index contributed by atoms with van der Waals surface area (Å²) in [6.07, 6.45) is 6.14. The van der Waals surface area contributed by atoms with Crippen LogP contribution in [0.5, 0.6) is 0 Å². The third-order valence-corrected chi connectivity index (χ3v) is 3.17. The van der Waals surface area contributed by atoms with Gasteiger partial charge in [0.1, 0.15) is 6.29 Å². The summed E-state index contributed by atoms with van der Waals surface area (Å²) in [6.45, 7) is 8.73. The van der Waals surface area contributed by atoms with Gasteiger partial charge in [0.25, 0.3) is 0 Å². The molecule has 0 rings (SSSR count). The highest BCUT2D eigenvalue weighted by Gasteiger charge is 2.10. The van der Waals surface area contributed by atoms with E-state index in [0.717, 1.165) is 12.2 Å². The van der Waals surface area contributed by atoms with Crippen molar-refractivity contribution in [3.05, 3.63) is 0 Å². The highest BCUT2D eigenvalue weighted by Crippen LogP contribution is 2.19. The molecule has 0 radical (unpaired) electrons. The largest absolute Gasteiger partial charge is 0.303 e. The Morgan fingerprint density at radius 3 is 2.23 bits per heavy atom. The predicted octanol–water partition coefficient (Wildman–Crippen LogP) is 3.67. The lowest BCUT2D eigenvalue weighted by molar-refractivity contribution is -0.111. The Hall–Kier alpha value is -0.330. The van der Waals surface area contributed by atoms with Gasteiger partial charge in [0, 0.05) is 5.92 Å². The van der Waals surface area contributed by atoms with Crippen LogP contribution in [-0.4, -0.2) is 6.29 Å². The maximum Gasteiger partial charge on any atom is 0.123 e. The fraction of sp³-hybridized carbons (Fsp3) is 0.917. The molecule has 0 N–H and O–H groups in total. The predicted molar refractivity (Wildman–Crippen MR) is 57.7 cm³/mol.